The zero-order chi connectivity index (χ0) is 26.4. The molecule has 4 heterocycles. The Bertz CT molecular complexity index is 1620. The molecule has 5 aromatic rings. The van der Waals surface area contributed by atoms with Gasteiger partial charge in [-0.2, -0.15) is 31.1 Å². The second-order valence-electron chi connectivity index (χ2n) is 7.97. The molecule has 0 amide bonds. The molecule has 0 bridgehead atoms. The van der Waals surface area contributed by atoms with E-state index in [0.717, 1.165) is 36.9 Å². The minimum absolute atomic E-state index is 0.0611. The van der Waals surface area contributed by atoms with Crippen molar-refractivity contribution < 1.29 is 31.1 Å². The molecule has 1 atom stereocenters. The molecule has 0 saturated carbocycles. The Morgan fingerprint density at radius 2 is 1.70 bits per heavy atom. The Labute approximate surface area is 204 Å². The van der Waals surface area contributed by atoms with Gasteiger partial charge in [-0.05, 0) is 30.3 Å². The predicted molar refractivity (Wildman–Crippen MR) is 121 cm³/mol. The van der Waals surface area contributed by atoms with Crippen LogP contribution < -0.4 is 10.0 Å². The van der Waals surface area contributed by atoms with Crippen molar-refractivity contribution in [1.29, 1.82) is 0 Å². The molecule has 4 aromatic heterocycles. The average molecular weight is 516 g/mol. The summed E-state index contributed by atoms with van der Waals surface area (Å²) >= 11 is 0. The lowest BCUT2D eigenvalue weighted by atomic mass is 9.96. The van der Waals surface area contributed by atoms with Crippen molar-refractivity contribution in [3.05, 3.63) is 89.8 Å². The molecule has 188 valence electrons. The maximum absolute atomic E-state index is 14.5. The highest BCUT2D eigenvalue weighted by Crippen LogP contribution is 2.42. The van der Waals surface area contributed by atoms with Gasteiger partial charge in [0.25, 0.3) is 0 Å². The Balaban J connectivity index is 1.78. The van der Waals surface area contributed by atoms with E-state index in [2.05, 4.69) is 25.3 Å². The van der Waals surface area contributed by atoms with Gasteiger partial charge in [0.15, 0.2) is 24.3 Å². The van der Waals surface area contributed by atoms with Gasteiger partial charge in [0.1, 0.15) is 11.8 Å². The van der Waals surface area contributed by atoms with E-state index in [-0.39, 0.29) is 27.8 Å². The quantitative estimate of drug-likeness (QED) is 0.190. The zero-order valence-corrected chi connectivity index (χ0v) is 18.4. The lowest BCUT2D eigenvalue weighted by Crippen LogP contribution is -2.30. The first-order chi connectivity index (χ1) is 17.5. The van der Waals surface area contributed by atoms with Crippen LogP contribution in [-0.2, 0) is 6.18 Å². The standard InChI is InChI=1S/C24H14F6N6O/c25-23(26,27)16-6-1-4-13-10-15(18(34-19(13)16)14-5-3-9-36(37)11-14)21(24(28,29)30)35-22-20-17(32-12-33-22)7-2-8-31-20/h1-12,21H,(H,32,33,35)/t21-/m1/s1. The number of para-hydroxylation sites is 1. The minimum atomic E-state index is -4.96. The molecule has 0 unspecified atom stereocenters. The van der Waals surface area contributed by atoms with E-state index < -0.39 is 40.7 Å². The molecule has 0 fully saturated rings. The van der Waals surface area contributed by atoms with Gasteiger partial charge in [-0.15, -0.1) is 0 Å². The van der Waals surface area contributed by atoms with Crippen LogP contribution >= 0.6 is 0 Å². The van der Waals surface area contributed by atoms with Crippen LogP contribution in [-0.4, -0.2) is 26.1 Å². The molecule has 7 nitrogen and oxygen atoms in total. The molecule has 0 radical (unpaired) electrons. The molecule has 37 heavy (non-hydrogen) atoms. The monoisotopic (exact) mass is 516 g/mol. The summed E-state index contributed by atoms with van der Waals surface area (Å²) in [7, 11) is 0. The van der Waals surface area contributed by atoms with Crippen molar-refractivity contribution in [2.24, 2.45) is 0 Å². The molecular formula is C24H14F6N6O. The van der Waals surface area contributed by atoms with Crippen molar-refractivity contribution in [3.8, 4) is 11.3 Å². The molecule has 0 spiro atoms. The number of fused-ring (bicyclic) bond motifs is 2. The first-order valence-electron chi connectivity index (χ1n) is 10.6. The van der Waals surface area contributed by atoms with Gasteiger partial charge in [-0.25, -0.2) is 15.0 Å². The molecule has 5 rings (SSSR count). The summed E-state index contributed by atoms with van der Waals surface area (Å²) in [6.07, 6.45) is -5.33. The number of hydrogen-bond acceptors (Lipinski definition) is 6. The largest absolute Gasteiger partial charge is 0.619 e. The van der Waals surface area contributed by atoms with E-state index in [1.807, 2.05) is 0 Å². The van der Waals surface area contributed by atoms with E-state index in [0.29, 0.717) is 4.73 Å². The van der Waals surface area contributed by atoms with Crippen molar-refractivity contribution in [2.45, 2.75) is 18.4 Å². The smallest absolute Gasteiger partial charge is 0.418 e. The first-order valence-corrected chi connectivity index (χ1v) is 10.6. The number of alkyl halides is 6. The number of aromatic nitrogens is 5. The molecular weight excluding hydrogens is 502 g/mol. The topological polar surface area (TPSA) is 90.5 Å². The van der Waals surface area contributed by atoms with Crippen LogP contribution in [0.25, 0.3) is 33.2 Å². The fraction of sp³-hybridized carbons (Fsp3) is 0.125. The number of nitrogens with zero attached hydrogens (tertiary/aromatic N) is 5. The fourth-order valence-electron chi connectivity index (χ4n) is 3.96. The summed E-state index contributed by atoms with van der Waals surface area (Å²) in [5, 5.41) is 14.1. The van der Waals surface area contributed by atoms with E-state index in [4.69, 9.17) is 0 Å². The van der Waals surface area contributed by atoms with Crippen LogP contribution in [0, 0.1) is 5.21 Å². The first kappa shape index (κ1) is 24.2. The summed E-state index contributed by atoms with van der Waals surface area (Å²) in [5.74, 6) is -0.241. The number of pyridine rings is 3. The van der Waals surface area contributed by atoms with Gasteiger partial charge >= 0.3 is 12.4 Å². The third-order valence-corrected chi connectivity index (χ3v) is 5.54. The maximum atomic E-state index is 14.5. The SMILES string of the molecule is [O-][n+]1cccc(-c2nc3c(C(F)(F)F)cccc3cc2[C@@H](Nc2ncnc3cccnc23)C(F)(F)F)c1. The number of nitrogens with one attached hydrogen (secondary N) is 1. The minimum Gasteiger partial charge on any atom is -0.619 e. The highest BCUT2D eigenvalue weighted by atomic mass is 19.4. The Kier molecular flexibility index (Phi) is 5.77. The van der Waals surface area contributed by atoms with Crippen LogP contribution in [0.4, 0.5) is 32.2 Å². The third kappa shape index (κ3) is 4.67. The van der Waals surface area contributed by atoms with Crippen LogP contribution in [0.1, 0.15) is 17.2 Å². The fourth-order valence-corrected chi connectivity index (χ4v) is 3.96. The van der Waals surface area contributed by atoms with Crippen LogP contribution in [0.5, 0.6) is 0 Å². The van der Waals surface area contributed by atoms with E-state index in [9.17, 15) is 31.5 Å². The van der Waals surface area contributed by atoms with Gasteiger partial charge in [0.05, 0.1) is 27.9 Å². The van der Waals surface area contributed by atoms with Gasteiger partial charge in [0, 0.05) is 23.2 Å². The second-order valence-corrected chi connectivity index (χ2v) is 7.97. The van der Waals surface area contributed by atoms with Crippen LogP contribution in [0.3, 0.4) is 0 Å². The summed E-state index contributed by atoms with van der Waals surface area (Å²) in [6, 6.07) is 7.25. The molecule has 13 heteroatoms. The summed E-state index contributed by atoms with van der Waals surface area (Å²) < 4.78 is 85.0. The van der Waals surface area contributed by atoms with Crippen molar-refractivity contribution >= 4 is 27.8 Å². The zero-order valence-electron chi connectivity index (χ0n) is 18.4. The van der Waals surface area contributed by atoms with Gasteiger partial charge in [0.2, 0.25) is 0 Å². The van der Waals surface area contributed by atoms with Gasteiger partial charge in [-0.1, -0.05) is 12.1 Å². The molecule has 0 aliphatic carbocycles. The Morgan fingerprint density at radius 1 is 0.892 bits per heavy atom. The maximum Gasteiger partial charge on any atom is 0.418 e. The Morgan fingerprint density at radius 3 is 2.43 bits per heavy atom. The van der Waals surface area contributed by atoms with Crippen molar-refractivity contribution in [3.63, 3.8) is 0 Å². The third-order valence-electron chi connectivity index (χ3n) is 5.54. The normalized spacial score (nSPS) is 13.1. The van der Waals surface area contributed by atoms with E-state index in [1.54, 1.807) is 6.07 Å². The number of benzene rings is 1. The summed E-state index contributed by atoms with van der Waals surface area (Å²) in [5.41, 5.74) is -2.39. The molecule has 1 aromatic carbocycles. The molecule has 0 aliphatic heterocycles. The second kappa shape index (κ2) is 8.84. The highest BCUT2D eigenvalue weighted by Gasteiger charge is 2.44. The average Bonchev–Trinajstić information content (AvgIpc) is 2.85. The number of halogens is 6. The van der Waals surface area contributed by atoms with Crippen molar-refractivity contribution in [1.82, 2.24) is 19.9 Å². The predicted octanol–water partition coefficient (Wildman–Crippen LogP) is 5.61. The van der Waals surface area contributed by atoms with Crippen LogP contribution in [0.15, 0.2) is 73.4 Å². The number of hydrogen-bond donors (Lipinski definition) is 1. The number of anilines is 1. The van der Waals surface area contributed by atoms with E-state index in [1.165, 1.54) is 30.5 Å². The van der Waals surface area contributed by atoms with Gasteiger partial charge < -0.3 is 10.5 Å². The van der Waals surface area contributed by atoms with Gasteiger partial charge in [-0.3, -0.25) is 4.98 Å². The summed E-state index contributed by atoms with van der Waals surface area (Å²) in [6.45, 7) is 0. The molecule has 1 N–H and O–H groups in total. The Hall–Kier alpha value is -4.55. The van der Waals surface area contributed by atoms with Crippen molar-refractivity contribution in [2.75, 3.05) is 5.32 Å². The summed E-state index contributed by atoms with van der Waals surface area (Å²) in [4.78, 5) is 16.0. The highest BCUT2D eigenvalue weighted by molar-refractivity contribution is 5.88. The lowest BCUT2D eigenvalue weighted by molar-refractivity contribution is -0.604. The molecule has 0 aliphatic rings. The number of rotatable bonds is 4. The molecule has 0 saturated heterocycles. The van der Waals surface area contributed by atoms with E-state index >= 15 is 0 Å². The lowest BCUT2D eigenvalue weighted by Gasteiger charge is -2.25. The van der Waals surface area contributed by atoms with Crippen LogP contribution in [0.2, 0.25) is 0 Å².